The van der Waals surface area contributed by atoms with Crippen molar-refractivity contribution in [2.45, 2.75) is 51.7 Å². The lowest BCUT2D eigenvalue weighted by Gasteiger charge is -2.26. The van der Waals surface area contributed by atoms with Gasteiger partial charge < -0.3 is 15.2 Å². The van der Waals surface area contributed by atoms with Crippen molar-refractivity contribution in [3.63, 3.8) is 0 Å². The molecule has 0 unspecified atom stereocenters. The predicted molar refractivity (Wildman–Crippen MR) is 83.1 cm³/mol. The Bertz CT molecular complexity index is 473. The summed E-state index contributed by atoms with van der Waals surface area (Å²) >= 11 is 0. The number of rotatable bonds is 5. The van der Waals surface area contributed by atoms with Gasteiger partial charge in [0.15, 0.2) is 0 Å². The predicted octanol–water partition coefficient (Wildman–Crippen LogP) is 3.27. The SMILES string of the molecule is C[C@@H]1CCC[C@@H](OCC(=O)Nc2ccccc2[C@@H](C)O)C1. The van der Waals surface area contributed by atoms with E-state index in [2.05, 4.69) is 12.2 Å². The van der Waals surface area contributed by atoms with Crippen LogP contribution in [-0.4, -0.2) is 23.7 Å². The minimum Gasteiger partial charge on any atom is -0.389 e. The van der Waals surface area contributed by atoms with E-state index in [1.165, 1.54) is 12.8 Å². The topological polar surface area (TPSA) is 58.6 Å². The lowest BCUT2D eigenvalue weighted by molar-refractivity contribution is -0.123. The number of carbonyl (C=O) groups is 1. The van der Waals surface area contributed by atoms with Crippen molar-refractivity contribution in [2.75, 3.05) is 11.9 Å². The van der Waals surface area contributed by atoms with Crippen LogP contribution in [0.25, 0.3) is 0 Å². The Morgan fingerprint density at radius 3 is 2.90 bits per heavy atom. The van der Waals surface area contributed by atoms with Crippen LogP contribution in [0.3, 0.4) is 0 Å². The zero-order chi connectivity index (χ0) is 15.2. The molecular formula is C17H25NO3. The van der Waals surface area contributed by atoms with E-state index in [-0.39, 0.29) is 18.6 Å². The van der Waals surface area contributed by atoms with Crippen LogP contribution in [0.4, 0.5) is 5.69 Å². The Kier molecular flexibility index (Phi) is 5.76. The second-order valence-electron chi connectivity index (χ2n) is 6.02. The molecule has 1 aromatic carbocycles. The number of carbonyl (C=O) groups excluding carboxylic acids is 1. The average molecular weight is 291 g/mol. The van der Waals surface area contributed by atoms with Crippen molar-refractivity contribution in [1.82, 2.24) is 0 Å². The summed E-state index contributed by atoms with van der Waals surface area (Å²) in [6, 6.07) is 7.29. The van der Waals surface area contributed by atoms with E-state index in [0.717, 1.165) is 18.4 Å². The number of ether oxygens (including phenoxy) is 1. The first kappa shape index (κ1) is 16.0. The molecule has 0 heterocycles. The summed E-state index contributed by atoms with van der Waals surface area (Å²) in [5, 5.41) is 12.5. The summed E-state index contributed by atoms with van der Waals surface area (Å²) in [5.74, 6) is 0.518. The number of para-hydroxylation sites is 1. The molecule has 0 bridgehead atoms. The molecule has 3 atom stereocenters. The first-order valence-corrected chi connectivity index (χ1v) is 7.74. The van der Waals surface area contributed by atoms with Gasteiger partial charge in [-0.1, -0.05) is 38.0 Å². The van der Waals surface area contributed by atoms with Crippen molar-refractivity contribution in [3.8, 4) is 0 Å². The minimum absolute atomic E-state index is 0.0749. The van der Waals surface area contributed by atoms with Crippen LogP contribution in [-0.2, 0) is 9.53 Å². The largest absolute Gasteiger partial charge is 0.389 e. The van der Waals surface area contributed by atoms with Crippen molar-refractivity contribution in [1.29, 1.82) is 0 Å². The van der Waals surface area contributed by atoms with Crippen LogP contribution < -0.4 is 5.32 Å². The van der Waals surface area contributed by atoms with Gasteiger partial charge in [-0.2, -0.15) is 0 Å². The van der Waals surface area contributed by atoms with Crippen molar-refractivity contribution < 1.29 is 14.6 Å². The first-order valence-electron chi connectivity index (χ1n) is 7.74. The number of anilines is 1. The molecule has 1 aliphatic carbocycles. The van der Waals surface area contributed by atoms with Crippen LogP contribution >= 0.6 is 0 Å². The first-order chi connectivity index (χ1) is 10.1. The maximum Gasteiger partial charge on any atom is 0.250 e. The van der Waals surface area contributed by atoms with Crippen LogP contribution in [0.2, 0.25) is 0 Å². The Labute approximate surface area is 126 Å². The van der Waals surface area contributed by atoms with E-state index in [9.17, 15) is 9.90 Å². The van der Waals surface area contributed by atoms with Crippen LogP contribution in [0.1, 0.15) is 51.2 Å². The molecule has 1 saturated carbocycles. The molecule has 0 spiro atoms. The molecule has 116 valence electrons. The van der Waals surface area contributed by atoms with Gasteiger partial charge in [0.25, 0.3) is 0 Å². The number of nitrogens with one attached hydrogen (secondary N) is 1. The number of aliphatic hydroxyl groups excluding tert-OH is 1. The third-order valence-electron chi connectivity index (χ3n) is 4.02. The molecule has 2 N–H and O–H groups in total. The maximum atomic E-state index is 12.0. The Morgan fingerprint density at radius 2 is 2.19 bits per heavy atom. The molecule has 4 nitrogen and oxygen atoms in total. The van der Waals surface area contributed by atoms with E-state index >= 15 is 0 Å². The van der Waals surface area contributed by atoms with Crippen molar-refractivity contribution >= 4 is 11.6 Å². The maximum absolute atomic E-state index is 12.0. The van der Waals surface area contributed by atoms with Gasteiger partial charge in [-0.15, -0.1) is 0 Å². The molecule has 1 aliphatic rings. The van der Waals surface area contributed by atoms with Gasteiger partial charge in [0.05, 0.1) is 12.2 Å². The fraction of sp³-hybridized carbons (Fsp3) is 0.588. The monoisotopic (exact) mass is 291 g/mol. The fourth-order valence-electron chi connectivity index (χ4n) is 2.88. The molecule has 0 radical (unpaired) electrons. The van der Waals surface area contributed by atoms with E-state index in [1.54, 1.807) is 13.0 Å². The summed E-state index contributed by atoms with van der Waals surface area (Å²) in [5.41, 5.74) is 1.37. The molecule has 21 heavy (non-hydrogen) atoms. The van der Waals surface area contributed by atoms with E-state index < -0.39 is 6.10 Å². The normalized spacial score (nSPS) is 23.6. The number of aliphatic hydroxyl groups is 1. The quantitative estimate of drug-likeness (QED) is 0.875. The second-order valence-corrected chi connectivity index (χ2v) is 6.02. The van der Waals surface area contributed by atoms with Gasteiger partial charge in [0, 0.05) is 11.3 Å². The molecule has 2 rings (SSSR count). The minimum atomic E-state index is -0.610. The Balaban J connectivity index is 1.84. The summed E-state index contributed by atoms with van der Waals surface area (Å²) in [4.78, 5) is 12.0. The van der Waals surface area contributed by atoms with Gasteiger partial charge in [-0.05, 0) is 31.7 Å². The molecular weight excluding hydrogens is 266 g/mol. The number of benzene rings is 1. The molecule has 1 aromatic rings. The van der Waals surface area contributed by atoms with Gasteiger partial charge in [0.1, 0.15) is 6.61 Å². The van der Waals surface area contributed by atoms with Crippen molar-refractivity contribution in [2.24, 2.45) is 5.92 Å². The zero-order valence-corrected chi connectivity index (χ0v) is 12.8. The molecule has 1 amide bonds. The Morgan fingerprint density at radius 1 is 1.43 bits per heavy atom. The molecule has 0 aliphatic heterocycles. The van der Waals surface area contributed by atoms with Crippen molar-refractivity contribution in [3.05, 3.63) is 29.8 Å². The standard InChI is InChI=1S/C17H25NO3/c1-12-6-5-7-14(10-12)21-11-17(20)18-16-9-4-3-8-15(16)13(2)19/h3-4,8-9,12-14,19H,5-7,10-11H2,1-2H3,(H,18,20)/t12-,13-,14-/m1/s1. The summed E-state index contributed by atoms with van der Waals surface area (Å²) in [6.07, 6.45) is 4.11. The number of hydrogen-bond donors (Lipinski definition) is 2. The fourth-order valence-corrected chi connectivity index (χ4v) is 2.88. The van der Waals surface area contributed by atoms with Gasteiger partial charge in [0.2, 0.25) is 5.91 Å². The van der Waals surface area contributed by atoms with Gasteiger partial charge >= 0.3 is 0 Å². The van der Waals surface area contributed by atoms with Gasteiger partial charge in [-0.25, -0.2) is 0 Å². The van der Waals surface area contributed by atoms with Crippen LogP contribution in [0, 0.1) is 5.92 Å². The molecule has 1 fully saturated rings. The highest BCUT2D eigenvalue weighted by Gasteiger charge is 2.20. The summed E-state index contributed by atoms with van der Waals surface area (Å²) in [7, 11) is 0. The average Bonchev–Trinajstić information content (AvgIpc) is 2.45. The third-order valence-corrected chi connectivity index (χ3v) is 4.02. The summed E-state index contributed by atoms with van der Waals surface area (Å²) < 4.78 is 5.71. The summed E-state index contributed by atoms with van der Waals surface area (Å²) in [6.45, 7) is 3.99. The lowest BCUT2D eigenvalue weighted by atomic mass is 9.89. The Hall–Kier alpha value is -1.39. The van der Waals surface area contributed by atoms with Crippen LogP contribution in [0.15, 0.2) is 24.3 Å². The lowest BCUT2D eigenvalue weighted by Crippen LogP contribution is -2.27. The van der Waals surface area contributed by atoms with Crippen LogP contribution in [0.5, 0.6) is 0 Å². The van der Waals surface area contributed by atoms with E-state index in [4.69, 9.17) is 4.74 Å². The number of amides is 1. The highest BCUT2D eigenvalue weighted by Crippen LogP contribution is 2.26. The highest BCUT2D eigenvalue weighted by molar-refractivity contribution is 5.92. The smallest absolute Gasteiger partial charge is 0.250 e. The van der Waals surface area contributed by atoms with Gasteiger partial charge in [-0.3, -0.25) is 4.79 Å². The second kappa shape index (κ2) is 7.57. The number of hydrogen-bond acceptors (Lipinski definition) is 3. The molecule has 4 heteroatoms. The van der Waals surface area contributed by atoms with E-state index in [0.29, 0.717) is 11.6 Å². The third kappa shape index (κ3) is 4.83. The zero-order valence-electron chi connectivity index (χ0n) is 12.8. The van der Waals surface area contributed by atoms with E-state index in [1.807, 2.05) is 18.2 Å². The molecule has 0 saturated heterocycles. The molecule has 0 aromatic heterocycles. The highest BCUT2D eigenvalue weighted by atomic mass is 16.5.